The van der Waals surface area contributed by atoms with Gasteiger partial charge in [0.05, 0.1) is 12.0 Å². The quantitative estimate of drug-likeness (QED) is 0.908. The summed E-state index contributed by atoms with van der Waals surface area (Å²) in [6.07, 6.45) is 1.14. The summed E-state index contributed by atoms with van der Waals surface area (Å²) in [5, 5.41) is 10.6. The lowest BCUT2D eigenvalue weighted by Crippen LogP contribution is -2.38. The molecule has 1 N–H and O–H groups in total. The van der Waals surface area contributed by atoms with E-state index >= 15 is 0 Å². The molecule has 1 saturated heterocycles. The lowest BCUT2D eigenvalue weighted by molar-refractivity contribution is -0.136. The Morgan fingerprint density at radius 3 is 2.60 bits per heavy atom. The number of hydrogen-bond donors (Lipinski definition) is 1. The molecule has 1 aliphatic heterocycles. The second kappa shape index (κ2) is 6.37. The van der Waals surface area contributed by atoms with E-state index in [1.54, 1.807) is 6.92 Å². The van der Waals surface area contributed by atoms with Crippen LogP contribution in [0.4, 0.5) is 0 Å². The van der Waals surface area contributed by atoms with Crippen LogP contribution in [-0.2, 0) is 10.4 Å². The van der Waals surface area contributed by atoms with Gasteiger partial charge in [0, 0.05) is 19.6 Å². The normalized spacial score (nSPS) is 20.2. The molecule has 0 aliphatic carbocycles. The van der Waals surface area contributed by atoms with Crippen LogP contribution in [-0.4, -0.2) is 54.0 Å². The summed E-state index contributed by atoms with van der Waals surface area (Å²) in [7, 11) is 2.08. The number of benzene rings is 1. The van der Waals surface area contributed by atoms with Gasteiger partial charge in [-0.25, -0.2) is 0 Å². The lowest BCUT2D eigenvalue weighted by Gasteiger charge is -2.28. The van der Waals surface area contributed by atoms with Crippen LogP contribution in [0.25, 0.3) is 0 Å². The average molecular weight is 276 g/mol. The predicted molar refractivity (Wildman–Crippen MR) is 79.3 cm³/mol. The van der Waals surface area contributed by atoms with Crippen LogP contribution < -0.4 is 0 Å². The number of rotatable bonds is 3. The second-order valence-electron chi connectivity index (χ2n) is 5.85. The van der Waals surface area contributed by atoms with Crippen molar-refractivity contribution >= 4 is 5.91 Å². The summed E-state index contributed by atoms with van der Waals surface area (Å²) in [6, 6.07) is 9.41. The third-order valence-corrected chi connectivity index (χ3v) is 3.96. The van der Waals surface area contributed by atoms with Gasteiger partial charge in [0.2, 0.25) is 5.91 Å². The number of carbonyl (C=O) groups is 1. The minimum atomic E-state index is -1.10. The van der Waals surface area contributed by atoms with E-state index in [4.69, 9.17) is 0 Å². The number of aliphatic hydroxyl groups is 1. The van der Waals surface area contributed by atoms with E-state index in [1.807, 2.05) is 35.2 Å². The van der Waals surface area contributed by atoms with E-state index in [0.717, 1.165) is 38.2 Å². The van der Waals surface area contributed by atoms with Crippen LogP contribution in [0.5, 0.6) is 0 Å². The highest BCUT2D eigenvalue weighted by Crippen LogP contribution is 2.25. The maximum Gasteiger partial charge on any atom is 0.225 e. The molecule has 1 aliphatic rings. The van der Waals surface area contributed by atoms with E-state index < -0.39 is 5.60 Å². The Kier molecular flexibility index (Phi) is 4.78. The largest absolute Gasteiger partial charge is 0.385 e. The molecule has 2 rings (SSSR count). The van der Waals surface area contributed by atoms with Crippen LogP contribution in [0.15, 0.2) is 30.3 Å². The van der Waals surface area contributed by atoms with Gasteiger partial charge >= 0.3 is 0 Å². The third-order valence-electron chi connectivity index (χ3n) is 3.96. The molecule has 0 bridgehead atoms. The predicted octanol–water partition coefficient (Wildman–Crippen LogP) is 1.45. The Labute approximate surface area is 121 Å². The Bertz CT molecular complexity index is 445. The molecule has 1 amide bonds. The maximum atomic E-state index is 12.4. The first-order valence-corrected chi connectivity index (χ1v) is 7.23. The van der Waals surface area contributed by atoms with Crippen molar-refractivity contribution in [3.8, 4) is 0 Å². The number of likely N-dealkylation sites (N-methyl/N-ethyl adjacent to an activating group) is 1. The molecule has 4 heteroatoms. The van der Waals surface area contributed by atoms with Gasteiger partial charge in [-0.15, -0.1) is 0 Å². The molecule has 1 atom stereocenters. The second-order valence-corrected chi connectivity index (χ2v) is 5.85. The number of amides is 1. The molecule has 0 saturated carbocycles. The van der Waals surface area contributed by atoms with Gasteiger partial charge < -0.3 is 14.9 Å². The minimum Gasteiger partial charge on any atom is -0.385 e. The zero-order valence-corrected chi connectivity index (χ0v) is 12.4. The van der Waals surface area contributed by atoms with Gasteiger partial charge in [0.25, 0.3) is 0 Å². The molecular weight excluding hydrogens is 252 g/mol. The minimum absolute atomic E-state index is 0.0363. The van der Waals surface area contributed by atoms with Crippen molar-refractivity contribution < 1.29 is 9.90 Å². The van der Waals surface area contributed by atoms with Gasteiger partial charge in [-0.3, -0.25) is 4.79 Å². The van der Waals surface area contributed by atoms with Crippen LogP contribution in [0.2, 0.25) is 0 Å². The first-order chi connectivity index (χ1) is 9.49. The van der Waals surface area contributed by atoms with Gasteiger partial charge in [-0.1, -0.05) is 30.3 Å². The molecule has 1 unspecified atom stereocenters. The number of carbonyl (C=O) groups excluding carboxylic acids is 1. The van der Waals surface area contributed by atoms with Gasteiger partial charge in [0.1, 0.15) is 0 Å². The molecule has 110 valence electrons. The van der Waals surface area contributed by atoms with Crippen molar-refractivity contribution in [3.63, 3.8) is 0 Å². The molecule has 1 aromatic rings. The molecule has 0 aromatic heterocycles. The zero-order chi connectivity index (χ0) is 14.6. The van der Waals surface area contributed by atoms with E-state index in [1.165, 1.54) is 0 Å². The monoisotopic (exact) mass is 276 g/mol. The van der Waals surface area contributed by atoms with E-state index in [-0.39, 0.29) is 12.3 Å². The van der Waals surface area contributed by atoms with Crippen LogP contribution in [0, 0.1) is 0 Å². The van der Waals surface area contributed by atoms with Gasteiger partial charge in [-0.05, 0) is 32.5 Å². The van der Waals surface area contributed by atoms with Crippen molar-refractivity contribution in [1.82, 2.24) is 9.80 Å². The molecule has 0 radical (unpaired) electrons. The fourth-order valence-corrected chi connectivity index (χ4v) is 2.60. The summed E-state index contributed by atoms with van der Waals surface area (Å²) < 4.78 is 0. The summed E-state index contributed by atoms with van der Waals surface area (Å²) in [4.78, 5) is 16.5. The topological polar surface area (TPSA) is 43.8 Å². The summed E-state index contributed by atoms with van der Waals surface area (Å²) in [6.45, 7) is 5.18. The van der Waals surface area contributed by atoms with Crippen LogP contribution in [0.1, 0.15) is 25.3 Å². The Balaban J connectivity index is 2.00. The zero-order valence-electron chi connectivity index (χ0n) is 12.4. The SMILES string of the molecule is CN1CCCN(C(=O)CC(C)(O)c2ccccc2)CC1. The molecule has 0 spiro atoms. The third kappa shape index (κ3) is 3.81. The van der Waals surface area contributed by atoms with Gasteiger partial charge in [-0.2, -0.15) is 0 Å². The first-order valence-electron chi connectivity index (χ1n) is 7.23. The van der Waals surface area contributed by atoms with Crippen molar-refractivity contribution in [2.24, 2.45) is 0 Å². The first kappa shape index (κ1) is 15.0. The number of nitrogens with zero attached hydrogens (tertiary/aromatic N) is 2. The standard InChI is InChI=1S/C16H24N2O2/c1-16(20,14-7-4-3-5-8-14)13-15(19)18-10-6-9-17(2)11-12-18/h3-5,7-8,20H,6,9-13H2,1-2H3. The van der Waals surface area contributed by atoms with Crippen molar-refractivity contribution in [2.75, 3.05) is 33.2 Å². The molecular formula is C16H24N2O2. The fourth-order valence-electron chi connectivity index (χ4n) is 2.60. The summed E-state index contributed by atoms with van der Waals surface area (Å²) in [5.74, 6) is 0.0363. The molecule has 1 aromatic carbocycles. The molecule has 1 fully saturated rings. The highest BCUT2D eigenvalue weighted by molar-refractivity contribution is 5.77. The fraction of sp³-hybridized carbons (Fsp3) is 0.562. The lowest BCUT2D eigenvalue weighted by atomic mass is 9.92. The smallest absolute Gasteiger partial charge is 0.225 e. The van der Waals surface area contributed by atoms with Crippen molar-refractivity contribution in [2.45, 2.75) is 25.4 Å². The summed E-state index contributed by atoms with van der Waals surface area (Å²) >= 11 is 0. The van der Waals surface area contributed by atoms with E-state index in [2.05, 4.69) is 11.9 Å². The highest BCUT2D eigenvalue weighted by atomic mass is 16.3. The maximum absolute atomic E-state index is 12.4. The Hall–Kier alpha value is -1.39. The molecule has 20 heavy (non-hydrogen) atoms. The van der Waals surface area contributed by atoms with E-state index in [9.17, 15) is 9.90 Å². The van der Waals surface area contributed by atoms with Gasteiger partial charge in [0.15, 0.2) is 0 Å². The van der Waals surface area contributed by atoms with Crippen LogP contribution in [0.3, 0.4) is 0 Å². The number of hydrogen-bond acceptors (Lipinski definition) is 3. The Morgan fingerprint density at radius 2 is 1.90 bits per heavy atom. The Morgan fingerprint density at radius 1 is 1.20 bits per heavy atom. The highest BCUT2D eigenvalue weighted by Gasteiger charge is 2.29. The van der Waals surface area contributed by atoms with Crippen LogP contribution >= 0.6 is 0 Å². The van der Waals surface area contributed by atoms with Crippen molar-refractivity contribution in [3.05, 3.63) is 35.9 Å². The average Bonchev–Trinajstić information content (AvgIpc) is 2.64. The molecule has 1 heterocycles. The molecule has 4 nitrogen and oxygen atoms in total. The van der Waals surface area contributed by atoms with Crippen molar-refractivity contribution in [1.29, 1.82) is 0 Å². The van der Waals surface area contributed by atoms with E-state index in [0.29, 0.717) is 0 Å². The summed E-state index contributed by atoms with van der Waals surface area (Å²) in [5.41, 5.74) is -0.309.